The molecule has 1 amide bonds. The van der Waals surface area contributed by atoms with Gasteiger partial charge in [0.05, 0.1) is 0 Å². The van der Waals surface area contributed by atoms with Crippen LogP contribution < -0.4 is 0 Å². The molecule has 113 valence electrons. The normalized spacial score (nSPS) is 17.8. The van der Waals surface area contributed by atoms with E-state index in [0.29, 0.717) is 13.1 Å². The number of hydrogen-bond acceptors (Lipinski definition) is 2. The third kappa shape index (κ3) is 5.07. The fourth-order valence-corrected chi connectivity index (χ4v) is 2.44. The van der Waals surface area contributed by atoms with Crippen molar-refractivity contribution in [3.05, 3.63) is 42.8 Å². The summed E-state index contributed by atoms with van der Waals surface area (Å²) in [5.74, 6) is 0. The summed E-state index contributed by atoms with van der Waals surface area (Å²) in [5, 5.41) is 0. The maximum atomic E-state index is 12.0. The van der Waals surface area contributed by atoms with Gasteiger partial charge < -0.3 is 16.6 Å². The second-order valence-electron chi connectivity index (χ2n) is 6.52. The number of benzene rings is 1. The number of nitrogens with zero attached hydrogens (tertiary/aromatic N) is 1. The first-order valence-corrected chi connectivity index (χ1v) is 7.11. The van der Waals surface area contributed by atoms with Crippen LogP contribution in [0.25, 0.3) is 0 Å². The zero-order chi connectivity index (χ0) is 14.8. The van der Waals surface area contributed by atoms with E-state index in [-0.39, 0.29) is 44.2 Å². The monoisotopic (exact) mass is 362 g/mol. The van der Waals surface area contributed by atoms with E-state index in [1.54, 1.807) is 4.90 Å². The number of hydrogen-bond donors (Lipinski definition) is 0. The molecule has 0 N–H and O–H groups in total. The van der Waals surface area contributed by atoms with Gasteiger partial charge in [0.1, 0.15) is 5.60 Å². The van der Waals surface area contributed by atoms with Crippen LogP contribution in [0.3, 0.4) is 0 Å². The Bertz CT molecular complexity index is 459. The third-order valence-electron chi connectivity index (χ3n) is 3.65. The predicted molar refractivity (Wildman–Crippen MR) is 79.4 cm³/mol. The number of carbonyl (C=O) groups is 1. The van der Waals surface area contributed by atoms with Gasteiger partial charge in [-0.3, -0.25) is 0 Å². The van der Waals surface area contributed by atoms with Crippen LogP contribution in [0, 0.1) is 13.0 Å². The van der Waals surface area contributed by atoms with Crippen LogP contribution in [0.2, 0.25) is 0 Å². The van der Waals surface area contributed by atoms with Gasteiger partial charge in [-0.25, -0.2) is 4.79 Å². The Kier molecular flexibility index (Phi) is 6.43. The van der Waals surface area contributed by atoms with Gasteiger partial charge in [0.2, 0.25) is 0 Å². The van der Waals surface area contributed by atoms with E-state index in [4.69, 9.17) is 4.74 Å². The maximum absolute atomic E-state index is 12.0. The summed E-state index contributed by atoms with van der Waals surface area (Å²) in [5.41, 5.74) is 0.548. The molecule has 0 bridgehead atoms. The summed E-state index contributed by atoms with van der Waals surface area (Å²) in [6.07, 6.45) is 1.45. The molecule has 3 nitrogen and oxygen atoms in total. The van der Waals surface area contributed by atoms with Crippen LogP contribution in [0.5, 0.6) is 0 Å². The fourth-order valence-electron chi connectivity index (χ4n) is 2.44. The molecule has 0 saturated carbocycles. The summed E-state index contributed by atoms with van der Waals surface area (Å²) >= 11 is 0. The Morgan fingerprint density at radius 3 is 2.43 bits per heavy atom. The topological polar surface area (TPSA) is 29.5 Å². The molecule has 1 aliphatic heterocycles. The second kappa shape index (κ2) is 7.24. The van der Waals surface area contributed by atoms with Gasteiger partial charge in [0.25, 0.3) is 0 Å². The van der Waals surface area contributed by atoms with Gasteiger partial charge >= 0.3 is 6.09 Å². The minimum absolute atomic E-state index is 0. The van der Waals surface area contributed by atoms with Crippen LogP contribution >= 0.6 is 0 Å². The molecular formula is C17H23NO2Y-2. The molecule has 1 aliphatic rings. The zero-order valence-electron chi connectivity index (χ0n) is 13.2. The van der Waals surface area contributed by atoms with Crippen molar-refractivity contribution < 1.29 is 42.2 Å². The molecular weight excluding hydrogens is 339 g/mol. The SMILES string of the molecule is [CH2-]C1(c2[c-]cccc2)CCN(C(=O)OC(C)(C)C)CC1.[Y]. The Morgan fingerprint density at radius 2 is 1.95 bits per heavy atom. The molecule has 0 aromatic heterocycles. The first kappa shape index (κ1) is 18.6. The number of amides is 1. The summed E-state index contributed by atoms with van der Waals surface area (Å²) in [6.45, 7) is 11.4. The van der Waals surface area contributed by atoms with Crippen molar-refractivity contribution in [3.8, 4) is 0 Å². The number of likely N-dealkylation sites (tertiary alicyclic amines) is 1. The van der Waals surface area contributed by atoms with E-state index in [1.165, 1.54) is 0 Å². The van der Waals surface area contributed by atoms with Gasteiger partial charge in [-0.1, -0.05) is 12.8 Å². The van der Waals surface area contributed by atoms with E-state index >= 15 is 0 Å². The maximum Gasteiger partial charge on any atom is 0.410 e. The Labute approximate surface area is 153 Å². The van der Waals surface area contributed by atoms with Crippen LogP contribution in [-0.2, 0) is 42.9 Å². The summed E-state index contributed by atoms with van der Waals surface area (Å²) in [6, 6.07) is 11.2. The van der Waals surface area contributed by atoms with Crippen molar-refractivity contribution >= 4 is 6.09 Å². The van der Waals surface area contributed by atoms with E-state index in [2.05, 4.69) is 19.1 Å². The van der Waals surface area contributed by atoms with E-state index < -0.39 is 5.60 Å². The number of rotatable bonds is 1. The van der Waals surface area contributed by atoms with Crippen molar-refractivity contribution in [3.63, 3.8) is 0 Å². The zero-order valence-corrected chi connectivity index (χ0v) is 16.0. The molecule has 0 aliphatic carbocycles. The van der Waals surface area contributed by atoms with Crippen molar-refractivity contribution in [2.75, 3.05) is 13.1 Å². The second-order valence-corrected chi connectivity index (χ2v) is 6.52. The smallest absolute Gasteiger partial charge is 0.410 e. The van der Waals surface area contributed by atoms with Gasteiger partial charge in [-0.05, 0) is 20.8 Å². The Morgan fingerprint density at radius 1 is 1.33 bits per heavy atom. The summed E-state index contributed by atoms with van der Waals surface area (Å²) in [4.78, 5) is 13.8. The van der Waals surface area contributed by atoms with Crippen molar-refractivity contribution in [1.82, 2.24) is 4.90 Å². The van der Waals surface area contributed by atoms with Gasteiger partial charge in [-0.15, -0.1) is 0 Å². The molecule has 1 saturated heterocycles. The molecule has 21 heavy (non-hydrogen) atoms. The average Bonchev–Trinajstić information content (AvgIpc) is 2.38. The molecule has 1 aromatic rings. The summed E-state index contributed by atoms with van der Waals surface area (Å²) in [7, 11) is 0. The van der Waals surface area contributed by atoms with Crippen molar-refractivity contribution in [2.45, 2.75) is 44.6 Å². The van der Waals surface area contributed by atoms with E-state index in [9.17, 15) is 4.79 Å². The molecule has 2 rings (SSSR count). The largest absolute Gasteiger partial charge is 0.444 e. The fraction of sp³-hybridized carbons (Fsp3) is 0.529. The summed E-state index contributed by atoms with van der Waals surface area (Å²) < 4.78 is 5.41. The first-order valence-electron chi connectivity index (χ1n) is 7.11. The third-order valence-corrected chi connectivity index (χ3v) is 3.65. The van der Waals surface area contributed by atoms with Gasteiger partial charge in [0.15, 0.2) is 0 Å². The average molecular weight is 362 g/mol. The number of piperidine rings is 1. The van der Waals surface area contributed by atoms with Crippen LogP contribution in [0.1, 0.15) is 39.2 Å². The van der Waals surface area contributed by atoms with Gasteiger partial charge in [-0.2, -0.15) is 41.3 Å². The van der Waals surface area contributed by atoms with Crippen LogP contribution in [-0.4, -0.2) is 29.7 Å². The Hall–Kier alpha value is -0.406. The molecule has 1 aromatic carbocycles. The molecule has 0 unspecified atom stereocenters. The molecule has 1 heterocycles. The quantitative estimate of drug-likeness (QED) is 0.715. The molecule has 0 atom stereocenters. The van der Waals surface area contributed by atoms with E-state index in [0.717, 1.165) is 18.4 Å². The molecule has 4 heteroatoms. The van der Waals surface area contributed by atoms with Gasteiger partial charge in [0, 0.05) is 45.8 Å². The predicted octanol–water partition coefficient (Wildman–Crippen LogP) is 3.59. The van der Waals surface area contributed by atoms with E-state index in [1.807, 2.05) is 39.0 Å². The minimum atomic E-state index is -0.441. The molecule has 1 radical (unpaired) electrons. The Balaban J connectivity index is 0.00000220. The first-order chi connectivity index (χ1) is 9.30. The number of carbonyl (C=O) groups excluding carboxylic acids is 1. The van der Waals surface area contributed by atoms with Crippen molar-refractivity contribution in [2.24, 2.45) is 0 Å². The van der Waals surface area contributed by atoms with Crippen molar-refractivity contribution in [1.29, 1.82) is 0 Å². The van der Waals surface area contributed by atoms with Crippen LogP contribution in [0.4, 0.5) is 4.79 Å². The molecule has 0 spiro atoms. The standard InChI is InChI=1S/C17H23NO2.Y/c1-16(2,3)20-15(19)18-12-10-17(4,11-13-18)14-8-6-5-7-9-14;/h5-8H,4,10-13H2,1-3H3;/q-2;. The minimum Gasteiger partial charge on any atom is -0.444 e. The number of ether oxygens (including phenoxy) is 1. The molecule has 1 fully saturated rings. The van der Waals surface area contributed by atoms with Crippen LogP contribution in [0.15, 0.2) is 24.3 Å².